The summed E-state index contributed by atoms with van der Waals surface area (Å²) in [6.45, 7) is 2.18. The zero-order valence-corrected chi connectivity index (χ0v) is 18.8. The van der Waals surface area contributed by atoms with E-state index in [1.54, 1.807) is 42.5 Å². The number of hydrogen-bond donors (Lipinski definition) is 2. The molecule has 0 aliphatic heterocycles. The Labute approximate surface area is 194 Å². The molecule has 0 radical (unpaired) electrons. The molecule has 2 amide bonds. The number of nitrogens with two attached hydrogens (primary N) is 1. The molecule has 4 aromatic rings. The van der Waals surface area contributed by atoms with Crippen LogP contribution in [0.4, 0.5) is 5.00 Å². The Bertz CT molecular complexity index is 1470. The van der Waals surface area contributed by atoms with Gasteiger partial charge in [0.1, 0.15) is 10.6 Å². The number of nitrogens with one attached hydrogen (secondary N) is 1. The molecule has 0 bridgehead atoms. The van der Waals surface area contributed by atoms with Gasteiger partial charge in [-0.1, -0.05) is 37.3 Å². The van der Waals surface area contributed by atoms with E-state index >= 15 is 0 Å². The van der Waals surface area contributed by atoms with Crippen LogP contribution in [-0.4, -0.2) is 11.8 Å². The summed E-state index contributed by atoms with van der Waals surface area (Å²) in [4.78, 5) is 38.9. The van der Waals surface area contributed by atoms with Gasteiger partial charge in [0, 0.05) is 15.8 Å². The molecule has 3 N–H and O–H groups in total. The van der Waals surface area contributed by atoms with Crippen molar-refractivity contribution in [2.24, 2.45) is 11.7 Å². The van der Waals surface area contributed by atoms with Gasteiger partial charge in [-0.15, -0.1) is 11.3 Å². The first-order valence-corrected chi connectivity index (χ1v) is 11.6. The molecule has 2 heterocycles. The molecular formula is C26H22N2O4S. The number of amides is 2. The average Bonchev–Trinajstić information content (AvgIpc) is 3.15. The van der Waals surface area contributed by atoms with Crippen LogP contribution in [0.5, 0.6) is 0 Å². The van der Waals surface area contributed by atoms with Crippen molar-refractivity contribution in [1.29, 1.82) is 0 Å². The lowest BCUT2D eigenvalue weighted by Crippen LogP contribution is -2.19. The standard InChI is InChI=1S/C26H22N2O4S/c1-14-9-10-18-21(11-14)33-25(22(18)23(27)29)28-24(30)17-7-4-6-15(12-17)19-13-16-5-2-3-8-20(16)32-26(19)31/h2-8,12-14H,9-11H2,1H3,(H2,27,29)(H,28,30)/t14-/m0/s1. The number of fused-ring (bicyclic) bond motifs is 2. The third-order valence-electron chi connectivity index (χ3n) is 6.06. The fourth-order valence-corrected chi connectivity index (χ4v) is 5.78. The number of thiophene rings is 1. The van der Waals surface area contributed by atoms with Gasteiger partial charge in [-0.05, 0) is 60.6 Å². The largest absolute Gasteiger partial charge is 0.422 e. The summed E-state index contributed by atoms with van der Waals surface area (Å²) in [7, 11) is 0. The van der Waals surface area contributed by atoms with E-state index in [1.807, 2.05) is 12.1 Å². The van der Waals surface area contributed by atoms with Gasteiger partial charge in [0.25, 0.3) is 11.8 Å². The molecule has 0 fully saturated rings. The predicted molar refractivity (Wildman–Crippen MR) is 130 cm³/mol. The van der Waals surface area contributed by atoms with Crippen LogP contribution in [0.25, 0.3) is 22.1 Å². The maximum absolute atomic E-state index is 13.1. The summed E-state index contributed by atoms with van der Waals surface area (Å²) in [6.07, 6.45) is 2.66. The molecule has 0 saturated heterocycles. The minimum absolute atomic E-state index is 0.365. The first kappa shape index (κ1) is 21.2. The molecule has 1 aliphatic carbocycles. The lowest BCUT2D eigenvalue weighted by Gasteiger charge is -2.18. The van der Waals surface area contributed by atoms with Gasteiger partial charge in [0.05, 0.1) is 11.1 Å². The molecule has 33 heavy (non-hydrogen) atoms. The summed E-state index contributed by atoms with van der Waals surface area (Å²) in [5.74, 6) is -0.359. The maximum Gasteiger partial charge on any atom is 0.344 e. The second kappa shape index (κ2) is 8.33. The van der Waals surface area contributed by atoms with Crippen molar-refractivity contribution in [3.8, 4) is 11.1 Å². The van der Waals surface area contributed by atoms with Crippen molar-refractivity contribution in [3.05, 3.63) is 86.6 Å². The Kier molecular flexibility index (Phi) is 5.34. The zero-order chi connectivity index (χ0) is 23.1. The number of primary amides is 1. The fourth-order valence-electron chi connectivity index (χ4n) is 4.37. The predicted octanol–water partition coefficient (Wildman–Crippen LogP) is 5.00. The van der Waals surface area contributed by atoms with Gasteiger partial charge in [0.15, 0.2) is 0 Å². The molecule has 0 spiro atoms. The number of anilines is 1. The van der Waals surface area contributed by atoms with Crippen molar-refractivity contribution in [2.45, 2.75) is 26.2 Å². The molecule has 0 saturated carbocycles. The molecule has 5 rings (SSSR count). The first-order chi connectivity index (χ1) is 15.9. The average molecular weight is 459 g/mol. The molecule has 2 aromatic carbocycles. The SMILES string of the molecule is C[C@H]1CCc2c(sc(NC(=O)c3cccc(-c4cc5ccccc5oc4=O)c3)c2C(N)=O)C1. The highest BCUT2D eigenvalue weighted by atomic mass is 32.1. The number of hydrogen-bond acceptors (Lipinski definition) is 5. The highest BCUT2D eigenvalue weighted by molar-refractivity contribution is 7.17. The minimum Gasteiger partial charge on any atom is -0.422 e. The van der Waals surface area contributed by atoms with Crippen LogP contribution in [0, 0.1) is 5.92 Å². The summed E-state index contributed by atoms with van der Waals surface area (Å²) in [6, 6.07) is 15.8. The lowest BCUT2D eigenvalue weighted by atomic mass is 9.88. The van der Waals surface area contributed by atoms with Gasteiger partial charge < -0.3 is 15.5 Å². The second-order valence-electron chi connectivity index (χ2n) is 8.44. The zero-order valence-electron chi connectivity index (χ0n) is 18.0. The maximum atomic E-state index is 13.1. The summed E-state index contributed by atoms with van der Waals surface area (Å²) >= 11 is 1.42. The van der Waals surface area contributed by atoms with E-state index in [0.717, 1.165) is 35.1 Å². The third kappa shape index (κ3) is 3.96. The van der Waals surface area contributed by atoms with E-state index in [-0.39, 0.29) is 5.91 Å². The van der Waals surface area contributed by atoms with Crippen molar-refractivity contribution in [3.63, 3.8) is 0 Å². The van der Waals surface area contributed by atoms with Crippen LogP contribution in [-0.2, 0) is 12.8 Å². The van der Waals surface area contributed by atoms with Gasteiger partial charge in [0.2, 0.25) is 0 Å². The van der Waals surface area contributed by atoms with Crippen molar-refractivity contribution < 1.29 is 14.0 Å². The quantitative estimate of drug-likeness (QED) is 0.420. The molecule has 1 atom stereocenters. The number of para-hydroxylation sites is 1. The normalized spacial score (nSPS) is 15.2. The second-order valence-corrected chi connectivity index (χ2v) is 9.55. The molecule has 0 unspecified atom stereocenters. The van der Waals surface area contributed by atoms with Gasteiger partial charge in [-0.25, -0.2) is 4.79 Å². The monoisotopic (exact) mass is 458 g/mol. The first-order valence-electron chi connectivity index (χ1n) is 10.8. The number of carbonyl (C=O) groups excluding carboxylic acids is 2. The van der Waals surface area contributed by atoms with Crippen molar-refractivity contribution >= 4 is 39.1 Å². The molecule has 1 aliphatic rings. The fraction of sp³-hybridized carbons (Fsp3) is 0.192. The summed E-state index contributed by atoms with van der Waals surface area (Å²) < 4.78 is 5.43. The number of rotatable bonds is 4. The van der Waals surface area contributed by atoms with E-state index in [2.05, 4.69) is 12.2 Å². The summed E-state index contributed by atoms with van der Waals surface area (Å²) in [5.41, 5.74) is 8.41. The minimum atomic E-state index is -0.528. The Hall–Kier alpha value is -3.71. The van der Waals surface area contributed by atoms with Gasteiger partial charge in [-0.2, -0.15) is 0 Å². The Morgan fingerprint density at radius 2 is 1.94 bits per heavy atom. The molecule has 2 aromatic heterocycles. The Morgan fingerprint density at radius 1 is 1.12 bits per heavy atom. The van der Waals surface area contributed by atoms with Gasteiger partial charge >= 0.3 is 5.63 Å². The van der Waals surface area contributed by atoms with E-state index in [1.165, 1.54) is 11.3 Å². The highest BCUT2D eigenvalue weighted by Crippen LogP contribution is 2.39. The Morgan fingerprint density at radius 3 is 2.76 bits per heavy atom. The molecule has 7 heteroatoms. The van der Waals surface area contributed by atoms with Crippen LogP contribution >= 0.6 is 11.3 Å². The van der Waals surface area contributed by atoms with E-state index in [9.17, 15) is 14.4 Å². The topological polar surface area (TPSA) is 102 Å². The number of benzene rings is 2. The smallest absolute Gasteiger partial charge is 0.344 e. The van der Waals surface area contributed by atoms with E-state index < -0.39 is 11.5 Å². The van der Waals surface area contributed by atoms with Crippen LogP contribution in [0.2, 0.25) is 0 Å². The van der Waals surface area contributed by atoms with E-state index in [4.69, 9.17) is 10.2 Å². The summed E-state index contributed by atoms with van der Waals surface area (Å²) in [5, 5.41) is 4.17. The highest BCUT2D eigenvalue weighted by Gasteiger charge is 2.27. The lowest BCUT2D eigenvalue weighted by molar-refractivity contribution is 0.1000. The van der Waals surface area contributed by atoms with Gasteiger partial charge in [-0.3, -0.25) is 9.59 Å². The molecule has 166 valence electrons. The van der Waals surface area contributed by atoms with Crippen LogP contribution in [0.15, 0.2) is 63.8 Å². The van der Waals surface area contributed by atoms with Crippen molar-refractivity contribution in [2.75, 3.05) is 5.32 Å². The number of carbonyl (C=O) groups is 2. The molecular weight excluding hydrogens is 436 g/mol. The van der Waals surface area contributed by atoms with Crippen LogP contribution in [0.1, 0.15) is 44.5 Å². The van der Waals surface area contributed by atoms with Crippen molar-refractivity contribution in [1.82, 2.24) is 0 Å². The third-order valence-corrected chi connectivity index (χ3v) is 7.23. The molecule has 6 nitrogen and oxygen atoms in total. The van der Waals surface area contributed by atoms with Crippen LogP contribution in [0.3, 0.4) is 0 Å². The van der Waals surface area contributed by atoms with E-state index in [0.29, 0.717) is 38.8 Å². The Balaban J connectivity index is 1.48. The van der Waals surface area contributed by atoms with Crippen LogP contribution < -0.4 is 16.7 Å².